The van der Waals surface area contributed by atoms with Crippen molar-refractivity contribution in [1.29, 1.82) is 0 Å². The van der Waals surface area contributed by atoms with Crippen LogP contribution in [0.15, 0.2) is 24.3 Å². The topological polar surface area (TPSA) is 32.3 Å². The summed E-state index contributed by atoms with van der Waals surface area (Å²) in [7, 11) is 0. The Balaban J connectivity index is 2.17. The number of Topliss-reactive ketones (excluding diaryl/α,β-unsaturated/α-hetero) is 1. The summed E-state index contributed by atoms with van der Waals surface area (Å²) in [5.74, 6) is 0.125. The summed E-state index contributed by atoms with van der Waals surface area (Å²) >= 11 is 0. The number of carbonyl (C=O) groups excluding carboxylic acids is 1. The molecule has 86 valence electrons. The first-order chi connectivity index (χ1) is 7.68. The first-order valence-corrected chi connectivity index (χ1v) is 5.77. The minimum atomic E-state index is 0.125. The first kappa shape index (κ1) is 11.1. The number of anilines is 1. The predicted octanol–water partition coefficient (Wildman–Crippen LogP) is 1.69. The highest BCUT2D eigenvalue weighted by atomic mass is 16.1. The molecule has 3 nitrogen and oxygen atoms in total. The van der Waals surface area contributed by atoms with Crippen molar-refractivity contribution in [2.75, 3.05) is 24.5 Å². The van der Waals surface area contributed by atoms with Crippen molar-refractivity contribution in [3.63, 3.8) is 0 Å². The second-order valence-electron chi connectivity index (χ2n) is 4.35. The van der Waals surface area contributed by atoms with Gasteiger partial charge < -0.3 is 10.2 Å². The lowest BCUT2D eigenvalue weighted by molar-refractivity contribution is 0.101. The van der Waals surface area contributed by atoms with Gasteiger partial charge in [0.25, 0.3) is 0 Å². The van der Waals surface area contributed by atoms with Gasteiger partial charge in [0, 0.05) is 36.9 Å². The lowest BCUT2D eigenvalue weighted by atomic mass is 10.1. The molecule has 1 aromatic rings. The van der Waals surface area contributed by atoms with Gasteiger partial charge in [-0.2, -0.15) is 0 Å². The molecule has 1 N–H and O–H groups in total. The zero-order valence-electron chi connectivity index (χ0n) is 9.86. The van der Waals surface area contributed by atoms with Crippen molar-refractivity contribution in [3.8, 4) is 0 Å². The summed E-state index contributed by atoms with van der Waals surface area (Å²) in [6, 6.07) is 8.41. The number of carbonyl (C=O) groups is 1. The Morgan fingerprint density at radius 2 is 2.06 bits per heavy atom. The van der Waals surface area contributed by atoms with Gasteiger partial charge in [-0.25, -0.2) is 0 Å². The molecule has 1 aromatic carbocycles. The normalized spacial score (nSPS) is 20.9. The van der Waals surface area contributed by atoms with Crippen molar-refractivity contribution in [2.45, 2.75) is 19.9 Å². The van der Waals surface area contributed by atoms with E-state index in [1.807, 2.05) is 24.3 Å². The monoisotopic (exact) mass is 218 g/mol. The van der Waals surface area contributed by atoms with E-state index in [1.54, 1.807) is 6.92 Å². The van der Waals surface area contributed by atoms with E-state index in [0.717, 1.165) is 25.2 Å². The van der Waals surface area contributed by atoms with Crippen molar-refractivity contribution < 1.29 is 4.79 Å². The van der Waals surface area contributed by atoms with Crippen LogP contribution >= 0.6 is 0 Å². The number of piperazine rings is 1. The van der Waals surface area contributed by atoms with Crippen LogP contribution in [0.4, 0.5) is 5.69 Å². The molecule has 0 unspecified atom stereocenters. The van der Waals surface area contributed by atoms with Gasteiger partial charge in [0.1, 0.15) is 0 Å². The standard InChI is InChI=1S/C13H18N2O/c1-10-9-14-7-8-15(10)13-5-3-12(4-6-13)11(2)16/h3-6,10,14H,7-9H2,1-2H3/t10-/m1/s1. The number of nitrogens with zero attached hydrogens (tertiary/aromatic N) is 1. The molecule has 0 amide bonds. The van der Waals surface area contributed by atoms with Crippen molar-refractivity contribution in [3.05, 3.63) is 29.8 Å². The number of rotatable bonds is 2. The maximum Gasteiger partial charge on any atom is 0.159 e. The third-order valence-corrected chi connectivity index (χ3v) is 3.11. The van der Waals surface area contributed by atoms with Gasteiger partial charge in [0.15, 0.2) is 5.78 Å². The molecule has 1 aliphatic rings. The Morgan fingerprint density at radius 3 is 2.62 bits per heavy atom. The van der Waals surface area contributed by atoms with Crippen LogP contribution in [0.1, 0.15) is 24.2 Å². The van der Waals surface area contributed by atoms with Gasteiger partial charge >= 0.3 is 0 Å². The molecule has 1 saturated heterocycles. The zero-order chi connectivity index (χ0) is 11.5. The molecular formula is C13H18N2O. The first-order valence-electron chi connectivity index (χ1n) is 5.77. The second-order valence-corrected chi connectivity index (χ2v) is 4.35. The van der Waals surface area contributed by atoms with Crippen LogP contribution in [-0.4, -0.2) is 31.5 Å². The average Bonchev–Trinajstić information content (AvgIpc) is 2.30. The van der Waals surface area contributed by atoms with E-state index in [9.17, 15) is 4.79 Å². The highest BCUT2D eigenvalue weighted by molar-refractivity contribution is 5.94. The molecule has 16 heavy (non-hydrogen) atoms. The quantitative estimate of drug-likeness (QED) is 0.767. The molecule has 1 atom stereocenters. The fraction of sp³-hybridized carbons (Fsp3) is 0.462. The molecule has 1 heterocycles. The number of nitrogens with one attached hydrogen (secondary N) is 1. The van der Waals surface area contributed by atoms with Crippen molar-refractivity contribution in [2.24, 2.45) is 0 Å². The lowest BCUT2D eigenvalue weighted by Crippen LogP contribution is -2.49. The van der Waals surface area contributed by atoms with E-state index in [2.05, 4.69) is 17.1 Å². The van der Waals surface area contributed by atoms with Gasteiger partial charge in [0.05, 0.1) is 0 Å². The molecule has 1 fully saturated rings. The van der Waals surface area contributed by atoms with Gasteiger partial charge in [-0.1, -0.05) is 0 Å². The van der Waals surface area contributed by atoms with Crippen LogP contribution in [0.25, 0.3) is 0 Å². The minimum Gasteiger partial charge on any atom is -0.366 e. The van der Waals surface area contributed by atoms with E-state index >= 15 is 0 Å². The molecule has 2 rings (SSSR count). The molecule has 0 aliphatic carbocycles. The summed E-state index contributed by atoms with van der Waals surface area (Å²) < 4.78 is 0. The lowest BCUT2D eigenvalue weighted by Gasteiger charge is -2.35. The smallest absolute Gasteiger partial charge is 0.159 e. The van der Waals surface area contributed by atoms with Crippen molar-refractivity contribution in [1.82, 2.24) is 5.32 Å². The summed E-state index contributed by atoms with van der Waals surface area (Å²) in [6.45, 7) is 6.89. The summed E-state index contributed by atoms with van der Waals surface area (Å²) in [5, 5.41) is 3.37. The number of ketones is 1. The molecule has 0 saturated carbocycles. The van der Waals surface area contributed by atoms with Gasteiger partial charge in [-0.3, -0.25) is 4.79 Å². The van der Waals surface area contributed by atoms with Crippen molar-refractivity contribution >= 4 is 11.5 Å². The van der Waals surface area contributed by atoms with E-state index in [-0.39, 0.29) is 5.78 Å². The Bertz CT molecular complexity index is 372. The molecular weight excluding hydrogens is 200 g/mol. The van der Waals surface area contributed by atoms with E-state index in [0.29, 0.717) is 6.04 Å². The van der Waals surface area contributed by atoms with Crippen LogP contribution in [-0.2, 0) is 0 Å². The Hall–Kier alpha value is -1.35. The SMILES string of the molecule is CC(=O)c1ccc(N2CCNC[C@H]2C)cc1. The van der Waals surface area contributed by atoms with Crippen LogP contribution in [0.5, 0.6) is 0 Å². The maximum absolute atomic E-state index is 11.2. The molecule has 0 bridgehead atoms. The molecule has 3 heteroatoms. The fourth-order valence-corrected chi connectivity index (χ4v) is 2.11. The maximum atomic E-state index is 11.2. The summed E-state index contributed by atoms with van der Waals surface area (Å²) in [5.41, 5.74) is 1.99. The summed E-state index contributed by atoms with van der Waals surface area (Å²) in [6.07, 6.45) is 0. The third-order valence-electron chi connectivity index (χ3n) is 3.11. The second kappa shape index (κ2) is 4.66. The van der Waals surface area contributed by atoms with E-state index in [4.69, 9.17) is 0 Å². The minimum absolute atomic E-state index is 0.125. The van der Waals surface area contributed by atoms with Crippen LogP contribution in [0, 0.1) is 0 Å². The fourth-order valence-electron chi connectivity index (χ4n) is 2.11. The third kappa shape index (κ3) is 2.25. The van der Waals surface area contributed by atoms with E-state index < -0.39 is 0 Å². The highest BCUT2D eigenvalue weighted by Gasteiger charge is 2.17. The molecule has 0 aromatic heterocycles. The molecule has 0 radical (unpaired) electrons. The van der Waals surface area contributed by atoms with Crippen LogP contribution in [0.2, 0.25) is 0 Å². The largest absolute Gasteiger partial charge is 0.366 e. The van der Waals surface area contributed by atoms with Gasteiger partial charge in [0.2, 0.25) is 0 Å². The van der Waals surface area contributed by atoms with Crippen LogP contribution in [0.3, 0.4) is 0 Å². The molecule has 0 spiro atoms. The number of hydrogen-bond donors (Lipinski definition) is 1. The number of hydrogen-bond acceptors (Lipinski definition) is 3. The van der Waals surface area contributed by atoms with Crippen LogP contribution < -0.4 is 10.2 Å². The average molecular weight is 218 g/mol. The number of benzene rings is 1. The highest BCUT2D eigenvalue weighted by Crippen LogP contribution is 2.19. The van der Waals surface area contributed by atoms with Gasteiger partial charge in [-0.15, -0.1) is 0 Å². The van der Waals surface area contributed by atoms with Gasteiger partial charge in [-0.05, 0) is 38.1 Å². The Kier molecular flexibility index (Phi) is 3.25. The predicted molar refractivity (Wildman–Crippen MR) is 66.1 cm³/mol. The molecule has 1 aliphatic heterocycles. The Morgan fingerprint density at radius 1 is 1.38 bits per heavy atom. The van der Waals surface area contributed by atoms with E-state index in [1.165, 1.54) is 5.69 Å². The Labute approximate surface area is 96.5 Å². The summed E-state index contributed by atoms with van der Waals surface area (Å²) in [4.78, 5) is 13.5. The zero-order valence-corrected chi connectivity index (χ0v) is 9.86.